The molecule has 0 heterocycles. The third-order valence-electron chi connectivity index (χ3n) is 8.48. The maximum atomic E-state index is 6.37. The third kappa shape index (κ3) is 2.88. The predicted molar refractivity (Wildman–Crippen MR) is 165 cm³/mol. The molecule has 38 heavy (non-hydrogen) atoms. The fraction of sp³-hybridized carbons (Fsp3) is 0.125. The molecule has 12 N–H and O–H groups in total. The van der Waals surface area contributed by atoms with Crippen LogP contribution in [0.1, 0.15) is 22.3 Å². The number of hydrogen-bond donors (Lipinski definition) is 6. The molecule has 0 fully saturated rings. The molecule has 6 heteroatoms. The standard InChI is InChI=1S/C32H32N6/c1-13-24(14(2)28(34)31(37)27(13)33)17-8-9-18-21-10-11-22(19-6-5-7-20(26(19)21)23(18)12-17)25-15(3)29(35)32(38)30(36)16(25)4/h5-12H,33-38H2,1-4H3. The van der Waals surface area contributed by atoms with Gasteiger partial charge in [-0.2, -0.15) is 0 Å². The van der Waals surface area contributed by atoms with E-state index in [-0.39, 0.29) is 0 Å². The van der Waals surface area contributed by atoms with Gasteiger partial charge in [0.05, 0.1) is 34.1 Å². The lowest BCUT2D eigenvalue weighted by Crippen LogP contribution is -2.06. The Bertz CT molecular complexity index is 1810. The zero-order chi connectivity index (χ0) is 27.2. The number of nitrogens with two attached hydrogens (primary N) is 6. The molecule has 5 aromatic rings. The van der Waals surface area contributed by atoms with Gasteiger partial charge in [-0.05, 0) is 111 Å². The molecule has 0 aliphatic heterocycles. The van der Waals surface area contributed by atoms with Crippen LogP contribution in [0, 0.1) is 27.7 Å². The third-order valence-corrected chi connectivity index (χ3v) is 8.48. The maximum absolute atomic E-state index is 6.37. The van der Waals surface area contributed by atoms with Crippen molar-refractivity contribution in [1.82, 2.24) is 0 Å². The van der Waals surface area contributed by atoms with Crippen LogP contribution in [0.3, 0.4) is 0 Å². The van der Waals surface area contributed by atoms with Gasteiger partial charge in [-0.1, -0.05) is 42.5 Å². The van der Waals surface area contributed by atoms with Gasteiger partial charge < -0.3 is 34.4 Å². The van der Waals surface area contributed by atoms with Crippen LogP contribution in [-0.2, 0) is 0 Å². The highest BCUT2D eigenvalue weighted by molar-refractivity contribution is 6.19. The summed E-state index contributed by atoms with van der Waals surface area (Å²) in [5.74, 6) is 0. The number of hydrogen-bond acceptors (Lipinski definition) is 6. The van der Waals surface area contributed by atoms with Crippen molar-refractivity contribution in [3.8, 4) is 44.5 Å². The average molecular weight is 501 g/mol. The monoisotopic (exact) mass is 500 g/mol. The predicted octanol–water partition coefficient (Wildman–Crippen LogP) is 6.55. The molecule has 0 atom stereocenters. The van der Waals surface area contributed by atoms with E-state index < -0.39 is 0 Å². The molecule has 0 aromatic heterocycles. The second-order valence-electron chi connectivity index (χ2n) is 10.4. The van der Waals surface area contributed by atoms with E-state index in [0.29, 0.717) is 34.1 Å². The quantitative estimate of drug-likeness (QED) is 0.148. The molecule has 6 nitrogen and oxygen atoms in total. The first-order chi connectivity index (χ1) is 18.0. The molecule has 190 valence electrons. The fourth-order valence-corrected chi connectivity index (χ4v) is 6.27. The molecule has 0 bridgehead atoms. The lowest BCUT2D eigenvalue weighted by Gasteiger charge is -2.19. The number of anilines is 6. The zero-order valence-corrected chi connectivity index (χ0v) is 22.1. The molecule has 0 saturated carbocycles. The van der Waals surface area contributed by atoms with Gasteiger partial charge in [0.25, 0.3) is 0 Å². The second kappa shape index (κ2) is 7.83. The van der Waals surface area contributed by atoms with Crippen LogP contribution < -0.4 is 34.4 Å². The Hall–Kier alpha value is -4.84. The Labute approximate surface area is 222 Å². The molecular formula is C32H32N6. The van der Waals surface area contributed by atoms with Crippen LogP contribution in [-0.4, -0.2) is 0 Å². The van der Waals surface area contributed by atoms with Crippen molar-refractivity contribution in [3.63, 3.8) is 0 Å². The van der Waals surface area contributed by atoms with E-state index >= 15 is 0 Å². The largest absolute Gasteiger partial charge is 0.397 e. The summed E-state index contributed by atoms with van der Waals surface area (Å²) < 4.78 is 0. The lowest BCUT2D eigenvalue weighted by atomic mass is 9.88. The number of benzene rings is 5. The van der Waals surface area contributed by atoms with E-state index in [1.165, 1.54) is 27.6 Å². The molecule has 0 radical (unpaired) electrons. The Balaban J connectivity index is 1.62. The van der Waals surface area contributed by atoms with Crippen LogP contribution in [0.15, 0.2) is 48.5 Å². The van der Waals surface area contributed by atoms with Gasteiger partial charge >= 0.3 is 0 Å². The molecule has 0 saturated heterocycles. The topological polar surface area (TPSA) is 156 Å². The van der Waals surface area contributed by atoms with Crippen LogP contribution in [0.4, 0.5) is 34.1 Å². The van der Waals surface area contributed by atoms with Crippen molar-refractivity contribution < 1.29 is 0 Å². The van der Waals surface area contributed by atoms with Gasteiger partial charge in [-0.25, -0.2) is 0 Å². The first-order valence-corrected chi connectivity index (χ1v) is 12.6. The molecule has 1 aliphatic carbocycles. The van der Waals surface area contributed by atoms with Crippen LogP contribution in [0.25, 0.3) is 55.3 Å². The van der Waals surface area contributed by atoms with Crippen molar-refractivity contribution in [3.05, 3.63) is 70.8 Å². The van der Waals surface area contributed by atoms with Gasteiger partial charge in [0, 0.05) is 0 Å². The summed E-state index contributed by atoms with van der Waals surface area (Å²) in [6, 6.07) is 17.4. The van der Waals surface area contributed by atoms with E-state index in [0.717, 1.165) is 49.9 Å². The SMILES string of the molecule is Cc1c(N)c(N)c(N)c(C)c1-c1ccc2c(c1)-c1cccc3c(-c4c(C)c(N)c(N)c(N)c4C)ccc-2c13. The maximum Gasteiger partial charge on any atom is 0.0787 e. The summed E-state index contributed by atoms with van der Waals surface area (Å²) in [5.41, 5.74) is 53.6. The average Bonchev–Trinajstić information content (AvgIpc) is 3.24. The van der Waals surface area contributed by atoms with Crippen molar-refractivity contribution in [2.75, 3.05) is 34.4 Å². The van der Waals surface area contributed by atoms with Crippen molar-refractivity contribution in [2.24, 2.45) is 0 Å². The van der Waals surface area contributed by atoms with Crippen molar-refractivity contribution in [1.29, 1.82) is 0 Å². The number of rotatable bonds is 2. The molecule has 0 spiro atoms. The van der Waals surface area contributed by atoms with E-state index in [1.54, 1.807) is 0 Å². The lowest BCUT2D eigenvalue weighted by molar-refractivity contribution is 1.38. The van der Waals surface area contributed by atoms with E-state index in [4.69, 9.17) is 34.4 Å². The second-order valence-corrected chi connectivity index (χ2v) is 10.4. The van der Waals surface area contributed by atoms with E-state index in [1.807, 2.05) is 27.7 Å². The molecule has 6 rings (SSSR count). The Morgan fingerprint density at radius 2 is 0.895 bits per heavy atom. The molecule has 1 aliphatic rings. The van der Waals surface area contributed by atoms with Gasteiger partial charge in [-0.3, -0.25) is 0 Å². The van der Waals surface area contributed by atoms with Gasteiger partial charge in [0.1, 0.15) is 0 Å². The van der Waals surface area contributed by atoms with Crippen LogP contribution in [0.5, 0.6) is 0 Å². The molecule has 0 amide bonds. The van der Waals surface area contributed by atoms with Gasteiger partial charge in [0.2, 0.25) is 0 Å². The highest BCUT2D eigenvalue weighted by atomic mass is 14.8. The zero-order valence-electron chi connectivity index (χ0n) is 22.1. The number of nitrogen functional groups attached to an aromatic ring is 6. The van der Waals surface area contributed by atoms with E-state index in [9.17, 15) is 0 Å². The first-order valence-electron chi connectivity index (χ1n) is 12.6. The molecule has 0 unspecified atom stereocenters. The Morgan fingerprint density at radius 1 is 0.421 bits per heavy atom. The molecule has 5 aromatic carbocycles. The summed E-state index contributed by atoms with van der Waals surface area (Å²) in [6.07, 6.45) is 0. The Morgan fingerprint density at radius 3 is 1.47 bits per heavy atom. The normalized spacial score (nSPS) is 11.8. The highest BCUT2D eigenvalue weighted by Gasteiger charge is 2.26. The fourth-order valence-electron chi connectivity index (χ4n) is 6.27. The summed E-state index contributed by atoms with van der Waals surface area (Å²) in [6.45, 7) is 8.01. The summed E-state index contributed by atoms with van der Waals surface area (Å²) in [4.78, 5) is 0. The van der Waals surface area contributed by atoms with Gasteiger partial charge in [-0.15, -0.1) is 0 Å². The first kappa shape index (κ1) is 23.6. The highest BCUT2D eigenvalue weighted by Crippen LogP contribution is 2.52. The van der Waals surface area contributed by atoms with Crippen LogP contribution >= 0.6 is 0 Å². The Kier molecular flexibility index (Phi) is 4.85. The van der Waals surface area contributed by atoms with E-state index in [2.05, 4.69) is 48.5 Å². The minimum atomic E-state index is 0.448. The summed E-state index contributed by atoms with van der Waals surface area (Å²) in [5, 5.41) is 2.37. The summed E-state index contributed by atoms with van der Waals surface area (Å²) >= 11 is 0. The van der Waals surface area contributed by atoms with Crippen LogP contribution in [0.2, 0.25) is 0 Å². The smallest absolute Gasteiger partial charge is 0.0787 e. The number of fused-ring (bicyclic) bond motifs is 3. The molecular weight excluding hydrogens is 468 g/mol. The minimum Gasteiger partial charge on any atom is -0.397 e. The van der Waals surface area contributed by atoms with Crippen molar-refractivity contribution >= 4 is 44.9 Å². The van der Waals surface area contributed by atoms with Crippen molar-refractivity contribution in [2.45, 2.75) is 27.7 Å². The van der Waals surface area contributed by atoms with Gasteiger partial charge in [0.15, 0.2) is 0 Å². The summed E-state index contributed by atoms with van der Waals surface area (Å²) in [7, 11) is 0. The minimum absolute atomic E-state index is 0.448.